The van der Waals surface area contributed by atoms with Crippen molar-refractivity contribution in [2.75, 3.05) is 33.2 Å². The Morgan fingerprint density at radius 2 is 1.31 bits per heavy atom. The van der Waals surface area contributed by atoms with Gasteiger partial charge in [0.2, 0.25) is 0 Å². The number of hydrogen-bond donors (Lipinski definition) is 2. The van der Waals surface area contributed by atoms with Crippen LogP contribution in [0.4, 0.5) is 0 Å². The predicted octanol–water partition coefficient (Wildman–Crippen LogP) is -0.0514. The van der Waals surface area contributed by atoms with E-state index in [1.54, 1.807) is 0 Å². The Morgan fingerprint density at radius 3 is 1.72 bits per heavy atom. The summed E-state index contributed by atoms with van der Waals surface area (Å²) < 4.78 is 11.3. The molecule has 1 aromatic heterocycles. The van der Waals surface area contributed by atoms with Crippen LogP contribution >= 0.6 is 0 Å². The molecule has 12 heteroatoms. The molecule has 0 saturated carbocycles. The van der Waals surface area contributed by atoms with Gasteiger partial charge >= 0.3 is 23.9 Å². The van der Waals surface area contributed by atoms with Gasteiger partial charge in [-0.05, 0) is 32.0 Å². The standard InChI is InChI=1S/C24H32N4O8/c1-26-11-17-13-27(19(23(33)35-17)5-7-21(29)30)9-15-3-2-4-16(25-15)10-28-14-18(12-26)36-24(34)20(28)6-8-22(31)32/h2-4,17-20H,5-14H2,1H3,(H,29,30)(H,31,32)/t17?,18?,19-,20+. The molecule has 0 spiro atoms. The number of rotatable bonds is 6. The lowest BCUT2D eigenvalue weighted by molar-refractivity contribution is -0.171. The molecular weight excluding hydrogens is 472 g/mol. The van der Waals surface area contributed by atoms with E-state index in [0.29, 0.717) is 50.7 Å². The van der Waals surface area contributed by atoms with Crippen LogP contribution in [0.15, 0.2) is 18.2 Å². The smallest absolute Gasteiger partial charge is 0.323 e. The van der Waals surface area contributed by atoms with Gasteiger partial charge in [0.05, 0.1) is 11.4 Å². The van der Waals surface area contributed by atoms with Gasteiger partial charge in [0, 0.05) is 52.1 Å². The van der Waals surface area contributed by atoms with E-state index in [0.717, 1.165) is 0 Å². The molecule has 2 N–H and O–H groups in total. The Hall–Kier alpha value is -3.09. The highest BCUT2D eigenvalue weighted by molar-refractivity contribution is 5.78. The highest BCUT2D eigenvalue weighted by Crippen LogP contribution is 2.24. The van der Waals surface area contributed by atoms with Crippen molar-refractivity contribution in [1.29, 1.82) is 0 Å². The number of esters is 2. The van der Waals surface area contributed by atoms with Crippen molar-refractivity contribution < 1.29 is 38.9 Å². The number of aromatic nitrogens is 1. The van der Waals surface area contributed by atoms with Gasteiger partial charge in [-0.3, -0.25) is 38.9 Å². The molecule has 6 atom stereocenters. The van der Waals surface area contributed by atoms with Gasteiger partial charge in [0.1, 0.15) is 24.3 Å². The average molecular weight is 505 g/mol. The van der Waals surface area contributed by atoms with Crippen LogP contribution in [0.5, 0.6) is 0 Å². The fraction of sp³-hybridized carbons (Fsp3) is 0.625. The molecule has 2 saturated heterocycles. The molecule has 4 rings (SSSR count). The third kappa shape index (κ3) is 6.56. The molecule has 196 valence electrons. The SMILES string of the molecule is CN1CC2CN(Cc3cccc(n3)CN3CC(C1)OC(=O)[C@@H]3CCC(=O)O)[C@H](CCC(=O)O)C(=O)O2. The number of nitrogens with zero attached hydrogens (tertiary/aromatic N) is 4. The first kappa shape index (κ1) is 26.0. The van der Waals surface area contributed by atoms with Gasteiger partial charge in [-0.25, -0.2) is 0 Å². The van der Waals surface area contributed by atoms with Crippen LogP contribution in [0.3, 0.4) is 0 Å². The first-order valence-corrected chi connectivity index (χ1v) is 12.1. The number of likely N-dealkylation sites (N-methyl/N-ethyl adjacent to an activating group) is 1. The Morgan fingerprint density at radius 1 is 0.861 bits per heavy atom. The summed E-state index contributed by atoms with van der Waals surface area (Å²) in [7, 11) is 1.86. The van der Waals surface area contributed by atoms with Crippen LogP contribution in [-0.2, 0) is 41.7 Å². The van der Waals surface area contributed by atoms with Crippen LogP contribution in [0.2, 0.25) is 0 Å². The fourth-order valence-electron chi connectivity index (χ4n) is 5.19. The normalized spacial score (nSPS) is 31.0. The molecular formula is C24H32N4O8. The summed E-state index contributed by atoms with van der Waals surface area (Å²) in [5, 5.41) is 18.3. The number of carboxylic acid groups (broad SMARTS) is 2. The first-order chi connectivity index (χ1) is 17.2. The number of hydrogen-bond acceptors (Lipinski definition) is 10. The molecule has 12 nitrogen and oxygen atoms in total. The van der Waals surface area contributed by atoms with E-state index in [9.17, 15) is 19.2 Å². The number of carbonyl (C=O) groups excluding carboxylic acids is 2. The van der Waals surface area contributed by atoms with Crippen LogP contribution in [0.25, 0.3) is 0 Å². The van der Waals surface area contributed by atoms with Crippen LogP contribution < -0.4 is 0 Å². The van der Waals surface area contributed by atoms with E-state index in [2.05, 4.69) is 0 Å². The Labute approximate surface area is 208 Å². The summed E-state index contributed by atoms with van der Waals surface area (Å²) in [6, 6.07) is 4.20. The number of carboxylic acids is 2. The van der Waals surface area contributed by atoms with Crippen molar-refractivity contribution >= 4 is 23.9 Å². The van der Waals surface area contributed by atoms with Crippen LogP contribution in [0, 0.1) is 0 Å². The van der Waals surface area contributed by atoms with E-state index >= 15 is 0 Å². The number of pyridine rings is 1. The zero-order valence-electron chi connectivity index (χ0n) is 20.2. The first-order valence-electron chi connectivity index (χ1n) is 12.1. The second-order valence-electron chi connectivity index (χ2n) is 9.71. The average Bonchev–Trinajstić information content (AvgIpc) is 2.77. The predicted molar refractivity (Wildman–Crippen MR) is 124 cm³/mol. The monoisotopic (exact) mass is 504 g/mol. The molecule has 3 aliphatic heterocycles. The summed E-state index contributed by atoms with van der Waals surface area (Å²) in [6.45, 7) is 2.39. The second-order valence-corrected chi connectivity index (χ2v) is 9.71. The van der Waals surface area contributed by atoms with Gasteiger partial charge in [-0.15, -0.1) is 0 Å². The molecule has 36 heavy (non-hydrogen) atoms. The summed E-state index contributed by atoms with van der Waals surface area (Å²) in [4.78, 5) is 58.5. The lowest BCUT2D eigenvalue weighted by Crippen LogP contribution is -2.57. The van der Waals surface area contributed by atoms with Gasteiger partial charge in [-0.2, -0.15) is 0 Å². The summed E-state index contributed by atoms with van der Waals surface area (Å²) >= 11 is 0. The highest BCUT2D eigenvalue weighted by atomic mass is 16.6. The fourth-order valence-corrected chi connectivity index (χ4v) is 5.19. The van der Waals surface area contributed by atoms with Gasteiger partial charge in [-0.1, -0.05) is 6.07 Å². The van der Waals surface area contributed by atoms with Crippen molar-refractivity contribution in [2.24, 2.45) is 0 Å². The molecule has 1 aromatic rings. The quantitative estimate of drug-likeness (QED) is 0.500. The lowest BCUT2D eigenvalue weighted by atomic mass is 10.0. The van der Waals surface area contributed by atoms with Crippen molar-refractivity contribution in [1.82, 2.24) is 19.7 Å². The summed E-state index contributed by atoms with van der Waals surface area (Å²) in [5.41, 5.74) is 1.43. The summed E-state index contributed by atoms with van der Waals surface area (Å²) in [6.07, 6.45) is -0.870. The number of aliphatic carboxylic acids is 2. The third-order valence-electron chi connectivity index (χ3n) is 6.76. The molecule has 4 unspecified atom stereocenters. The highest BCUT2D eigenvalue weighted by Gasteiger charge is 2.40. The van der Waals surface area contributed by atoms with Gasteiger partial charge in [0.25, 0.3) is 0 Å². The summed E-state index contributed by atoms with van der Waals surface area (Å²) in [5.74, 6) is -2.83. The van der Waals surface area contributed by atoms with Gasteiger partial charge in [0.15, 0.2) is 0 Å². The van der Waals surface area contributed by atoms with E-state index in [4.69, 9.17) is 24.7 Å². The number of morpholine rings is 2. The maximum absolute atomic E-state index is 12.8. The molecule has 0 aromatic carbocycles. The Balaban J connectivity index is 1.62. The lowest BCUT2D eigenvalue weighted by Gasteiger charge is -2.42. The maximum Gasteiger partial charge on any atom is 0.323 e. The minimum Gasteiger partial charge on any atom is -0.481 e. The Bertz CT molecular complexity index is 931. The molecule has 6 bridgehead atoms. The van der Waals surface area contributed by atoms with E-state index < -0.39 is 48.2 Å². The van der Waals surface area contributed by atoms with Crippen molar-refractivity contribution in [3.05, 3.63) is 29.6 Å². The van der Waals surface area contributed by atoms with Crippen LogP contribution in [0.1, 0.15) is 37.1 Å². The minimum absolute atomic E-state index is 0.145. The zero-order chi connectivity index (χ0) is 25.8. The zero-order valence-corrected chi connectivity index (χ0v) is 20.2. The number of ether oxygens (including phenoxy) is 2. The molecule has 0 amide bonds. The third-order valence-corrected chi connectivity index (χ3v) is 6.76. The van der Waals surface area contributed by atoms with Gasteiger partial charge < -0.3 is 19.7 Å². The number of fused-ring (bicyclic) bond motifs is 6. The van der Waals surface area contributed by atoms with Crippen LogP contribution in [-0.4, -0.2) is 111 Å². The second kappa shape index (κ2) is 11.3. The van der Waals surface area contributed by atoms with E-state index in [-0.39, 0.29) is 25.7 Å². The van der Waals surface area contributed by atoms with Crippen molar-refractivity contribution in [3.8, 4) is 0 Å². The molecule has 0 aliphatic carbocycles. The minimum atomic E-state index is -0.973. The Kier molecular flexibility index (Phi) is 8.17. The molecule has 2 fully saturated rings. The van der Waals surface area contributed by atoms with E-state index in [1.807, 2.05) is 39.9 Å². The largest absolute Gasteiger partial charge is 0.481 e. The molecule has 4 heterocycles. The van der Waals surface area contributed by atoms with Crippen molar-refractivity contribution in [3.63, 3.8) is 0 Å². The maximum atomic E-state index is 12.8. The van der Waals surface area contributed by atoms with E-state index in [1.165, 1.54) is 0 Å². The molecule has 0 radical (unpaired) electrons. The number of carbonyl (C=O) groups is 4. The molecule has 3 aliphatic rings. The topological polar surface area (TPSA) is 150 Å². The van der Waals surface area contributed by atoms with Crippen molar-refractivity contribution in [2.45, 2.75) is 63.1 Å².